The topological polar surface area (TPSA) is 102 Å². The molecule has 3 aromatic rings. The fraction of sp³-hybridized carbons (Fsp3) is 0.414. The van der Waals surface area contributed by atoms with Crippen LogP contribution in [0, 0.1) is 37.0 Å². The minimum absolute atomic E-state index is 0.277. The van der Waals surface area contributed by atoms with E-state index >= 15 is 0 Å². The number of aromatic amines is 2. The number of carboxylic acid groups (broad SMARTS) is 1. The fourth-order valence-corrected chi connectivity index (χ4v) is 5.12. The summed E-state index contributed by atoms with van der Waals surface area (Å²) < 4.78 is 0. The van der Waals surface area contributed by atoms with E-state index in [2.05, 4.69) is 64.7 Å². The summed E-state index contributed by atoms with van der Waals surface area (Å²) in [7, 11) is 2.09. The molecule has 1 saturated carbocycles. The van der Waals surface area contributed by atoms with Crippen molar-refractivity contribution in [3.05, 3.63) is 45.3 Å². The van der Waals surface area contributed by atoms with E-state index in [0.29, 0.717) is 27.8 Å². The molecule has 1 aliphatic heterocycles. The fourth-order valence-electron chi connectivity index (χ4n) is 4.86. The zero-order valence-electron chi connectivity index (χ0n) is 21.7. The maximum atomic E-state index is 11.3. The monoisotopic (exact) mass is 522 g/mol. The van der Waals surface area contributed by atoms with Crippen LogP contribution in [-0.2, 0) is 11.2 Å². The van der Waals surface area contributed by atoms with Crippen molar-refractivity contribution in [1.82, 2.24) is 15.0 Å². The van der Waals surface area contributed by atoms with Gasteiger partial charge in [0.15, 0.2) is 5.65 Å². The number of hydrogen-bond donors (Lipinski definition) is 3. The number of aliphatic carboxylic acids is 1. The zero-order valence-corrected chi connectivity index (χ0v) is 22.4. The maximum Gasteiger partial charge on any atom is 0.325 e. The molecule has 0 radical (unpaired) electrons. The van der Waals surface area contributed by atoms with E-state index in [4.69, 9.17) is 16.7 Å². The quantitative estimate of drug-likeness (QED) is 0.381. The van der Waals surface area contributed by atoms with Crippen molar-refractivity contribution in [3.8, 4) is 37.0 Å². The Labute approximate surface area is 223 Å². The highest BCUT2D eigenvalue weighted by atomic mass is 35.5. The van der Waals surface area contributed by atoms with Gasteiger partial charge < -0.3 is 15.0 Å². The van der Waals surface area contributed by atoms with E-state index in [1.54, 1.807) is 6.07 Å². The number of H-pyrrole nitrogens is 2. The van der Waals surface area contributed by atoms with Gasteiger partial charge >= 0.3 is 11.7 Å². The molecule has 3 heterocycles. The highest BCUT2D eigenvalue weighted by Crippen LogP contribution is 2.38. The van der Waals surface area contributed by atoms with E-state index in [9.17, 15) is 9.59 Å². The SMILES string of the molecule is C#C.C#C.CC(C)(C(=O)O)C1CCCCC1.CN1CCc2cc(-c3nc4[nH]c(=O)[nH]c4cc3Cl)ccc21. The Balaban J connectivity index is 0.000000258. The molecule has 196 valence electrons. The number of carbonyl (C=O) groups is 1. The van der Waals surface area contributed by atoms with Gasteiger partial charge in [0.1, 0.15) is 0 Å². The number of carboxylic acids is 1. The Morgan fingerprint density at radius 1 is 1.11 bits per heavy atom. The van der Waals surface area contributed by atoms with Gasteiger partial charge in [0.05, 0.1) is 21.6 Å². The molecule has 0 unspecified atom stereocenters. The summed E-state index contributed by atoms with van der Waals surface area (Å²) in [5.41, 5.74) is 4.57. The van der Waals surface area contributed by atoms with Crippen LogP contribution in [0.2, 0.25) is 5.02 Å². The van der Waals surface area contributed by atoms with Crippen LogP contribution >= 0.6 is 11.6 Å². The summed E-state index contributed by atoms with van der Waals surface area (Å²) in [6.07, 6.45) is 22.9. The van der Waals surface area contributed by atoms with Crippen molar-refractivity contribution in [2.45, 2.75) is 52.4 Å². The third-order valence-electron chi connectivity index (χ3n) is 7.11. The molecule has 8 heteroatoms. The molecule has 0 atom stereocenters. The molecule has 1 aromatic carbocycles. The van der Waals surface area contributed by atoms with Crippen molar-refractivity contribution in [2.24, 2.45) is 11.3 Å². The van der Waals surface area contributed by atoms with Crippen LogP contribution < -0.4 is 10.6 Å². The number of benzene rings is 1. The predicted octanol–water partition coefficient (Wildman–Crippen LogP) is 5.74. The molecule has 2 aliphatic rings. The molecular weight excluding hydrogens is 488 g/mol. The lowest BCUT2D eigenvalue weighted by atomic mass is 9.71. The van der Waals surface area contributed by atoms with Gasteiger partial charge in [-0.05, 0) is 62.8 Å². The Bertz CT molecular complexity index is 1310. The smallest absolute Gasteiger partial charge is 0.325 e. The van der Waals surface area contributed by atoms with Crippen LogP contribution in [0.1, 0.15) is 51.5 Å². The number of nitrogens with one attached hydrogen (secondary N) is 2. The van der Waals surface area contributed by atoms with Crippen molar-refractivity contribution in [1.29, 1.82) is 0 Å². The number of imidazole rings is 1. The van der Waals surface area contributed by atoms with Crippen molar-refractivity contribution in [2.75, 3.05) is 18.5 Å². The first-order valence-corrected chi connectivity index (χ1v) is 12.6. The number of likely N-dealkylation sites (N-methyl/N-ethyl adjacent to an activating group) is 1. The first-order chi connectivity index (χ1) is 17.7. The molecule has 3 N–H and O–H groups in total. The van der Waals surface area contributed by atoms with Crippen LogP contribution in [0.4, 0.5) is 5.69 Å². The molecule has 0 spiro atoms. The largest absolute Gasteiger partial charge is 0.481 e. The molecule has 0 saturated heterocycles. The molecule has 2 aromatic heterocycles. The summed E-state index contributed by atoms with van der Waals surface area (Å²) in [6, 6.07) is 7.98. The van der Waals surface area contributed by atoms with Crippen LogP contribution in [0.5, 0.6) is 0 Å². The van der Waals surface area contributed by atoms with Crippen molar-refractivity contribution in [3.63, 3.8) is 0 Å². The predicted molar refractivity (Wildman–Crippen MR) is 152 cm³/mol. The first kappa shape index (κ1) is 29.5. The summed E-state index contributed by atoms with van der Waals surface area (Å²) in [5, 5.41) is 9.53. The summed E-state index contributed by atoms with van der Waals surface area (Å²) in [4.78, 5) is 34.3. The molecule has 0 amide bonds. The lowest BCUT2D eigenvalue weighted by Crippen LogP contribution is -2.34. The van der Waals surface area contributed by atoms with Crippen LogP contribution in [0.25, 0.3) is 22.4 Å². The van der Waals surface area contributed by atoms with Gasteiger partial charge in [-0.15, -0.1) is 25.7 Å². The van der Waals surface area contributed by atoms with E-state index in [0.717, 1.165) is 31.4 Å². The Morgan fingerprint density at radius 3 is 2.38 bits per heavy atom. The molecule has 7 nitrogen and oxygen atoms in total. The standard InChI is InChI=1S/C15H13ClN4O.C10H18O2.2C2H2/c1-20-5-4-8-6-9(2-3-12(8)20)13-10(16)7-11-14(18-13)19-15(21)17-11;1-10(2,9(11)12)8-6-4-3-5-7-8;2*1-2/h2-3,6-7H,4-5H2,1H3,(H2,17,18,19,21);8H,3-7H2,1-2H3,(H,11,12);2*1-2H. The number of aromatic nitrogens is 3. The summed E-state index contributed by atoms with van der Waals surface area (Å²) in [6.45, 7) is 4.74. The lowest BCUT2D eigenvalue weighted by Gasteiger charge is -2.33. The van der Waals surface area contributed by atoms with E-state index < -0.39 is 11.4 Å². The van der Waals surface area contributed by atoms with E-state index in [1.807, 2.05) is 19.9 Å². The van der Waals surface area contributed by atoms with Gasteiger partial charge in [-0.2, -0.15) is 0 Å². The molecule has 5 rings (SSSR count). The summed E-state index contributed by atoms with van der Waals surface area (Å²) in [5.74, 6) is -0.252. The number of hydrogen-bond acceptors (Lipinski definition) is 4. The van der Waals surface area contributed by atoms with Crippen LogP contribution in [0.3, 0.4) is 0 Å². The second-order valence-corrected chi connectivity index (χ2v) is 10.1. The first-order valence-electron chi connectivity index (χ1n) is 12.2. The molecule has 1 fully saturated rings. The number of rotatable bonds is 3. The third-order valence-corrected chi connectivity index (χ3v) is 7.40. The van der Waals surface area contributed by atoms with Gasteiger partial charge in [-0.3, -0.25) is 9.78 Å². The van der Waals surface area contributed by atoms with Gasteiger partial charge in [-0.25, -0.2) is 9.78 Å². The molecule has 0 bridgehead atoms. The van der Waals surface area contributed by atoms with Crippen molar-refractivity contribution < 1.29 is 9.90 Å². The Hall–Kier alpha value is -3.68. The zero-order chi connectivity index (χ0) is 27.8. The molecule has 37 heavy (non-hydrogen) atoms. The highest BCUT2D eigenvalue weighted by Gasteiger charge is 2.36. The minimum Gasteiger partial charge on any atom is -0.481 e. The number of fused-ring (bicyclic) bond motifs is 2. The summed E-state index contributed by atoms with van der Waals surface area (Å²) >= 11 is 6.32. The van der Waals surface area contributed by atoms with Gasteiger partial charge in [0.25, 0.3) is 0 Å². The molecule has 1 aliphatic carbocycles. The van der Waals surface area contributed by atoms with Gasteiger partial charge in [-0.1, -0.05) is 36.9 Å². The second kappa shape index (κ2) is 13.0. The highest BCUT2D eigenvalue weighted by molar-refractivity contribution is 6.33. The normalized spacial score (nSPS) is 14.8. The number of terminal acetylenes is 2. The number of nitrogens with zero attached hydrogens (tertiary/aromatic N) is 2. The van der Waals surface area contributed by atoms with E-state index in [1.165, 1.54) is 30.5 Å². The van der Waals surface area contributed by atoms with Crippen LogP contribution in [-0.4, -0.2) is 39.6 Å². The average Bonchev–Trinajstić information content (AvgIpc) is 3.47. The Kier molecular flexibility index (Phi) is 10.4. The lowest BCUT2D eigenvalue weighted by molar-refractivity contribution is -0.150. The van der Waals surface area contributed by atoms with Gasteiger partial charge in [0, 0.05) is 24.8 Å². The number of anilines is 1. The third kappa shape index (κ3) is 6.76. The van der Waals surface area contributed by atoms with Crippen molar-refractivity contribution >= 4 is 34.4 Å². The molecular formula is C29H35ClN4O3. The van der Waals surface area contributed by atoms with Crippen LogP contribution in [0.15, 0.2) is 29.1 Å². The minimum atomic E-state index is -0.644. The van der Waals surface area contributed by atoms with E-state index in [-0.39, 0.29) is 5.69 Å². The Morgan fingerprint density at radius 2 is 1.76 bits per heavy atom. The van der Waals surface area contributed by atoms with Gasteiger partial charge in [0.2, 0.25) is 0 Å². The maximum absolute atomic E-state index is 11.3. The number of halogens is 1. The number of pyridine rings is 1. The average molecular weight is 523 g/mol. The second-order valence-electron chi connectivity index (χ2n) is 9.67.